The summed E-state index contributed by atoms with van der Waals surface area (Å²) in [6.45, 7) is 0. The van der Waals surface area contributed by atoms with Crippen LogP contribution >= 0.6 is 0 Å². The summed E-state index contributed by atoms with van der Waals surface area (Å²) in [4.78, 5) is 21.1. The quantitative estimate of drug-likeness (QED) is 0.361. The molecule has 0 saturated heterocycles. The molecule has 2 N–H and O–H groups in total. The van der Waals surface area contributed by atoms with Crippen molar-refractivity contribution in [2.45, 2.75) is 0 Å². The highest BCUT2D eigenvalue weighted by Crippen LogP contribution is 2.01. The first-order valence-corrected chi connectivity index (χ1v) is 5.18. The third kappa shape index (κ3) is 4.49. The van der Waals surface area contributed by atoms with Crippen molar-refractivity contribution < 1.29 is 19.8 Å². The van der Waals surface area contributed by atoms with Crippen molar-refractivity contribution in [3.63, 3.8) is 0 Å². The van der Waals surface area contributed by atoms with Gasteiger partial charge in [-0.2, -0.15) is 0 Å². The lowest BCUT2D eigenvalue weighted by atomic mass is 10.2. The third-order valence-corrected chi connectivity index (χ3v) is 2.03. The van der Waals surface area contributed by atoms with Crippen LogP contribution in [0.1, 0.15) is 5.56 Å². The molecule has 4 nitrogen and oxygen atoms in total. The molecule has 0 spiro atoms. The molecule has 18 heavy (non-hydrogen) atoms. The molecule has 1 rings (SSSR count). The van der Waals surface area contributed by atoms with Crippen LogP contribution in [-0.4, -0.2) is 22.2 Å². The highest BCUT2D eigenvalue weighted by molar-refractivity contribution is 6.12. The second-order valence-corrected chi connectivity index (χ2v) is 3.35. The standard InChI is InChI=1S/C14H12O4/c15-13(16)12(14(17)18)10-6-2-5-9-11-7-3-1-4-8-11/h1-10H,(H,15,16)(H,17,18)/b6-2+,9-5-. The van der Waals surface area contributed by atoms with Crippen LogP contribution in [-0.2, 0) is 9.59 Å². The first kappa shape index (κ1) is 13.4. The normalized spacial score (nSPS) is 10.7. The van der Waals surface area contributed by atoms with Crippen LogP contribution in [0.4, 0.5) is 0 Å². The third-order valence-electron chi connectivity index (χ3n) is 2.03. The van der Waals surface area contributed by atoms with Crippen molar-refractivity contribution in [1.82, 2.24) is 0 Å². The molecule has 0 unspecified atom stereocenters. The summed E-state index contributed by atoms with van der Waals surface area (Å²) in [5, 5.41) is 17.2. The van der Waals surface area contributed by atoms with E-state index in [1.54, 1.807) is 12.2 Å². The smallest absolute Gasteiger partial charge is 0.343 e. The number of benzene rings is 1. The Balaban J connectivity index is 2.66. The summed E-state index contributed by atoms with van der Waals surface area (Å²) in [5.74, 6) is -2.92. The number of carboxylic acids is 2. The Kier molecular flexibility index (Phi) is 5.12. The minimum absolute atomic E-state index is 0.667. The van der Waals surface area contributed by atoms with Crippen molar-refractivity contribution in [1.29, 1.82) is 0 Å². The number of hydrogen-bond acceptors (Lipinski definition) is 2. The molecule has 0 bridgehead atoms. The fourth-order valence-corrected chi connectivity index (χ4v) is 1.18. The lowest BCUT2D eigenvalue weighted by Gasteiger charge is -1.91. The van der Waals surface area contributed by atoms with Crippen LogP contribution in [0.5, 0.6) is 0 Å². The van der Waals surface area contributed by atoms with Gasteiger partial charge in [-0.05, 0) is 11.6 Å². The molecule has 0 aromatic heterocycles. The Hall–Kier alpha value is -2.62. The molecule has 0 aliphatic heterocycles. The SMILES string of the molecule is O=C(O)C(=C/C=C/C=C\c1ccccc1)C(=O)O. The van der Waals surface area contributed by atoms with Crippen molar-refractivity contribution in [2.75, 3.05) is 0 Å². The Morgan fingerprint density at radius 2 is 1.50 bits per heavy atom. The van der Waals surface area contributed by atoms with E-state index >= 15 is 0 Å². The maximum Gasteiger partial charge on any atom is 0.343 e. The number of hydrogen-bond donors (Lipinski definition) is 2. The number of rotatable bonds is 5. The zero-order valence-corrected chi connectivity index (χ0v) is 9.48. The maximum atomic E-state index is 10.5. The Morgan fingerprint density at radius 1 is 0.889 bits per heavy atom. The van der Waals surface area contributed by atoms with Gasteiger partial charge in [-0.15, -0.1) is 0 Å². The molecule has 0 aliphatic rings. The maximum absolute atomic E-state index is 10.5. The zero-order chi connectivity index (χ0) is 13.4. The summed E-state index contributed by atoms with van der Waals surface area (Å²) in [5.41, 5.74) is 0.335. The van der Waals surface area contributed by atoms with Crippen molar-refractivity contribution in [3.05, 3.63) is 65.8 Å². The second-order valence-electron chi connectivity index (χ2n) is 3.35. The first-order chi connectivity index (χ1) is 8.61. The second kappa shape index (κ2) is 6.85. The summed E-state index contributed by atoms with van der Waals surface area (Å²) in [6.07, 6.45) is 7.51. The number of aliphatic carboxylic acids is 2. The van der Waals surface area contributed by atoms with Crippen LogP contribution in [0.2, 0.25) is 0 Å². The van der Waals surface area contributed by atoms with Gasteiger partial charge in [0.25, 0.3) is 0 Å². The summed E-state index contributed by atoms with van der Waals surface area (Å²) >= 11 is 0. The minimum atomic E-state index is -1.46. The van der Waals surface area contributed by atoms with Gasteiger partial charge in [0.15, 0.2) is 0 Å². The summed E-state index contributed by atoms with van der Waals surface area (Å²) in [7, 11) is 0. The van der Waals surface area contributed by atoms with E-state index in [0.717, 1.165) is 11.6 Å². The Labute approximate surface area is 104 Å². The highest BCUT2D eigenvalue weighted by atomic mass is 16.4. The van der Waals surface area contributed by atoms with Crippen LogP contribution in [0, 0.1) is 0 Å². The molecule has 0 saturated carbocycles. The molecule has 92 valence electrons. The largest absolute Gasteiger partial charge is 0.477 e. The molecule has 0 fully saturated rings. The molecule has 0 aliphatic carbocycles. The van der Waals surface area contributed by atoms with Crippen molar-refractivity contribution in [2.24, 2.45) is 0 Å². The van der Waals surface area contributed by atoms with E-state index in [2.05, 4.69) is 0 Å². The molecular formula is C14H12O4. The number of carboxylic acid groups (broad SMARTS) is 2. The molecule has 4 heteroatoms. The van der Waals surface area contributed by atoms with Gasteiger partial charge in [0.05, 0.1) is 0 Å². The van der Waals surface area contributed by atoms with Gasteiger partial charge in [-0.1, -0.05) is 54.6 Å². The van der Waals surface area contributed by atoms with Crippen LogP contribution in [0.3, 0.4) is 0 Å². The molecule has 1 aromatic rings. The topological polar surface area (TPSA) is 74.6 Å². The molecule has 0 radical (unpaired) electrons. The van der Waals surface area contributed by atoms with E-state index in [1.807, 2.05) is 36.4 Å². The average molecular weight is 244 g/mol. The summed E-state index contributed by atoms with van der Waals surface area (Å²) in [6, 6.07) is 9.54. The van der Waals surface area contributed by atoms with Crippen LogP contribution in [0.25, 0.3) is 6.08 Å². The van der Waals surface area contributed by atoms with Gasteiger partial charge in [0.2, 0.25) is 0 Å². The van der Waals surface area contributed by atoms with Crippen molar-refractivity contribution >= 4 is 18.0 Å². The summed E-state index contributed by atoms with van der Waals surface area (Å²) < 4.78 is 0. The lowest BCUT2D eigenvalue weighted by molar-refractivity contribution is -0.140. The first-order valence-electron chi connectivity index (χ1n) is 5.18. The number of carbonyl (C=O) groups is 2. The fraction of sp³-hybridized carbons (Fsp3) is 0. The minimum Gasteiger partial charge on any atom is -0.477 e. The predicted octanol–water partition coefficient (Wildman–Crippen LogP) is 2.35. The molecular weight excluding hydrogens is 232 g/mol. The van der Waals surface area contributed by atoms with E-state index in [9.17, 15) is 9.59 Å². The molecule has 1 aromatic carbocycles. The lowest BCUT2D eigenvalue weighted by Crippen LogP contribution is -2.10. The van der Waals surface area contributed by atoms with Crippen LogP contribution in [0.15, 0.2) is 60.2 Å². The Bertz CT molecular complexity index is 494. The van der Waals surface area contributed by atoms with Gasteiger partial charge >= 0.3 is 11.9 Å². The highest BCUT2D eigenvalue weighted by Gasteiger charge is 2.13. The molecule has 0 heterocycles. The van der Waals surface area contributed by atoms with Gasteiger partial charge in [0.1, 0.15) is 5.57 Å². The average Bonchev–Trinajstić information content (AvgIpc) is 2.34. The molecule has 0 amide bonds. The Morgan fingerprint density at radius 3 is 2.06 bits per heavy atom. The molecule has 0 atom stereocenters. The van der Waals surface area contributed by atoms with E-state index in [-0.39, 0.29) is 0 Å². The van der Waals surface area contributed by atoms with E-state index in [4.69, 9.17) is 10.2 Å². The predicted molar refractivity (Wildman–Crippen MR) is 68.0 cm³/mol. The van der Waals surface area contributed by atoms with Crippen LogP contribution < -0.4 is 0 Å². The zero-order valence-electron chi connectivity index (χ0n) is 9.48. The van der Waals surface area contributed by atoms with Gasteiger partial charge in [-0.25, -0.2) is 9.59 Å². The van der Waals surface area contributed by atoms with Gasteiger partial charge in [-0.3, -0.25) is 0 Å². The fourth-order valence-electron chi connectivity index (χ4n) is 1.18. The number of allylic oxidation sites excluding steroid dienone is 4. The van der Waals surface area contributed by atoms with E-state index in [1.165, 1.54) is 6.08 Å². The van der Waals surface area contributed by atoms with E-state index < -0.39 is 17.5 Å². The van der Waals surface area contributed by atoms with E-state index in [0.29, 0.717) is 0 Å². The van der Waals surface area contributed by atoms with Gasteiger partial charge in [0, 0.05) is 0 Å². The van der Waals surface area contributed by atoms with Gasteiger partial charge < -0.3 is 10.2 Å². The van der Waals surface area contributed by atoms with Crippen molar-refractivity contribution in [3.8, 4) is 0 Å². The monoisotopic (exact) mass is 244 g/mol.